The van der Waals surface area contributed by atoms with Gasteiger partial charge in [-0.1, -0.05) is 75.8 Å². The average molecular weight is 472 g/mol. The summed E-state index contributed by atoms with van der Waals surface area (Å²) in [5.74, 6) is 1.73. The third-order valence-electron chi connectivity index (χ3n) is 6.92. The van der Waals surface area contributed by atoms with Crippen LogP contribution in [-0.4, -0.2) is 36.6 Å². The van der Waals surface area contributed by atoms with E-state index in [9.17, 15) is 14.7 Å². The third-order valence-corrected chi connectivity index (χ3v) is 6.92. The zero-order valence-corrected chi connectivity index (χ0v) is 21.3. The number of ether oxygens (including phenoxy) is 1. The molecule has 190 valence electrons. The van der Waals surface area contributed by atoms with Gasteiger partial charge in [-0.3, -0.25) is 9.59 Å². The maximum Gasteiger partial charge on any atom is 0.220 e. The van der Waals surface area contributed by atoms with Crippen LogP contribution in [0.3, 0.4) is 0 Å². The topological polar surface area (TPSA) is 75.6 Å². The lowest BCUT2D eigenvalue weighted by Gasteiger charge is -2.15. The molecule has 5 nitrogen and oxygen atoms in total. The molecular formula is C29H45NO4. The molecule has 1 aliphatic rings. The summed E-state index contributed by atoms with van der Waals surface area (Å²) in [6.07, 6.45) is 15.6. The number of Topliss-reactive ketones (excluding diaryl/α,β-unsaturated/α-hetero) is 1. The highest BCUT2D eigenvalue weighted by atomic mass is 16.5. The average Bonchev–Trinajstić information content (AvgIpc) is 3.19. The number of carbonyl (C=O) groups is 2. The minimum Gasteiger partial charge on any atom is -0.496 e. The van der Waals surface area contributed by atoms with Crippen LogP contribution in [0.2, 0.25) is 0 Å². The van der Waals surface area contributed by atoms with Crippen LogP contribution in [-0.2, 0) is 16.0 Å². The summed E-state index contributed by atoms with van der Waals surface area (Å²) in [6.45, 7) is 2.78. The van der Waals surface area contributed by atoms with Crippen molar-refractivity contribution in [1.29, 1.82) is 0 Å². The Hall–Kier alpha value is -2.14. The summed E-state index contributed by atoms with van der Waals surface area (Å²) in [4.78, 5) is 24.4. The fraction of sp³-hybridized carbons (Fsp3) is 0.655. The van der Waals surface area contributed by atoms with E-state index >= 15 is 0 Å². The first-order valence-corrected chi connectivity index (χ1v) is 13.3. The summed E-state index contributed by atoms with van der Waals surface area (Å²) >= 11 is 0. The van der Waals surface area contributed by atoms with E-state index in [1.807, 2.05) is 30.3 Å². The van der Waals surface area contributed by atoms with E-state index in [-0.39, 0.29) is 23.8 Å². The first-order valence-electron chi connectivity index (χ1n) is 13.3. The molecule has 1 saturated carbocycles. The highest BCUT2D eigenvalue weighted by Crippen LogP contribution is 2.34. The van der Waals surface area contributed by atoms with Crippen molar-refractivity contribution in [2.45, 2.75) is 96.5 Å². The molecule has 1 fully saturated rings. The predicted octanol–water partition coefficient (Wildman–Crippen LogP) is 5.79. The van der Waals surface area contributed by atoms with Crippen LogP contribution in [0.25, 0.3) is 0 Å². The molecule has 0 aliphatic heterocycles. The molecule has 1 aromatic carbocycles. The number of aliphatic hydroxyl groups is 1. The van der Waals surface area contributed by atoms with Crippen LogP contribution < -0.4 is 10.1 Å². The van der Waals surface area contributed by atoms with Gasteiger partial charge in [-0.25, -0.2) is 0 Å². The van der Waals surface area contributed by atoms with E-state index in [1.165, 1.54) is 0 Å². The molecule has 0 heterocycles. The molecule has 34 heavy (non-hydrogen) atoms. The van der Waals surface area contributed by atoms with Gasteiger partial charge in [0.1, 0.15) is 11.5 Å². The number of nitrogens with one attached hydrogen (secondary N) is 1. The van der Waals surface area contributed by atoms with Gasteiger partial charge >= 0.3 is 0 Å². The molecule has 0 saturated heterocycles. The van der Waals surface area contributed by atoms with Crippen molar-refractivity contribution in [3.05, 3.63) is 42.0 Å². The number of amides is 1. The second-order valence-corrected chi connectivity index (χ2v) is 9.59. The zero-order chi connectivity index (χ0) is 24.6. The minimum atomic E-state index is -0.385. The van der Waals surface area contributed by atoms with Crippen molar-refractivity contribution in [2.24, 2.45) is 11.8 Å². The van der Waals surface area contributed by atoms with E-state index < -0.39 is 0 Å². The lowest BCUT2D eigenvalue weighted by molar-refractivity contribution is -0.121. The van der Waals surface area contributed by atoms with Crippen molar-refractivity contribution in [3.8, 4) is 5.75 Å². The number of benzene rings is 1. The Morgan fingerprint density at radius 2 is 1.97 bits per heavy atom. The number of ketones is 1. The standard InChI is InChI=1S/C29H45NO4/c1-3-4-7-13-25(31)19-17-23-18-20-27(32)26(23)14-8-5-6-9-16-29(33)30-22-21-24-12-10-11-15-28(24)34-2/h10-12,15,17,19,23,25-26,31H,3-9,13-14,16,18,20-22H2,1-2H3,(H,30,33)/t23-,25-,26+/m0/s1. The summed E-state index contributed by atoms with van der Waals surface area (Å²) < 4.78 is 5.35. The minimum absolute atomic E-state index is 0.101. The van der Waals surface area contributed by atoms with Crippen LogP contribution >= 0.6 is 0 Å². The van der Waals surface area contributed by atoms with Crippen molar-refractivity contribution < 1.29 is 19.4 Å². The Morgan fingerprint density at radius 1 is 1.18 bits per heavy atom. The van der Waals surface area contributed by atoms with Gasteiger partial charge in [0, 0.05) is 25.3 Å². The number of allylic oxidation sites excluding steroid dienone is 1. The Balaban J connectivity index is 1.57. The number of methoxy groups -OCH3 is 1. The fourth-order valence-corrected chi connectivity index (χ4v) is 4.85. The molecule has 1 amide bonds. The Kier molecular flexibility index (Phi) is 13.6. The van der Waals surface area contributed by atoms with E-state index in [2.05, 4.69) is 18.3 Å². The highest BCUT2D eigenvalue weighted by Gasteiger charge is 2.32. The number of carbonyl (C=O) groups excluding carboxylic acids is 2. The van der Waals surface area contributed by atoms with Gasteiger partial charge in [-0.05, 0) is 49.7 Å². The Morgan fingerprint density at radius 3 is 2.76 bits per heavy atom. The van der Waals surface area contributed by atoms with E-state index in [4.69, 9.17) is 4.74 Å². The van der Waals surface area contributed by atoms with Crippen molar-refractivity contribution in [1.82, 2.24) is 5.32 Å². The second kappa shape index (κ2) is 16.5. The molecule has 1 aromatic rings. The van der Waals surface area contributed by atoms with Crippen molar-refractivity contribution in [2.75, 3.05) is 13.7 Å². The predicted molar refractivity (Wildman–Crippen MR) is 138 cm³/mol. The maximum atomic E-state index is 12.3. The second-order valence-electron chi connectivity index (χ2n) is 9.59. The summed E-state index contributed by atoms with van der Waals surface area (Å²) in [5, 5.41) is 13.1. The number of hydrogen-bond donors (Lipinski definition) is 2. The van der Waals surface area contributed by atoms with Crippen LogP contribution in [0.5, 0.6) is 5.75 Å². The molecule has 0 aromatic heterocycles. The summed E-state index contributed by atoms with van der Waals surface area (Å²) in [6, 6.07) is 7.89. The van der Waals surface area contributed by atoms with Crippen LogP contribution in [0, 0.1) is 11.8 Å². The van der Waals surface area contributed by atoms with Gasteiger partial charge in [-0.2, -0.15) is 0 Å². The Bertz CT molecular complexity index is 760. The highest BCUT2D eigenvalue weighted by molar-refractivity contribution is 5.83. The smallest absolute Gasteiger partial charge is 0.220 e. The molecule has 0 unspecified atom stereocenters. The van der Waals surface area contributed by atoms with Gasteiger partial charge in [-0.15, -0.1) is 0 Å². The van der Waals surface area contributed by atoms with E-state index in [0.29, 0.717) is 25.2 Å². The SMILES string of the molecule is CCCCC[C@H](O)C=C[C@H]1CCC(=O)[C@@H]1CCCCCCC(=O)NCCc1ccccc1OC. The molecule has 5 heteroatoms. The monoisotopic (exact) mass is 471 g/mol. The lowest BCUT2D eigenvalue weighted by Crippen LogP contribution is -2.25. The van der Waals surface area contributed by atoms with Crippen LogP contribution in [0.15, 0.2) is 36.4 Å². The van der Waals surface area contributed by atoms with E-state index in [0.717, 1.165) is 81.9 Å². The lowest BCUT2D eigenvalue weighted by atomic mass is 9.89. The molecule has 2 rings (SSSR count). The summed E-state index contributed by atoms with van der Waals surface area (Å²) in [5.41, 5.74) is 1.10. The molecule has 0 bridgehead atoms. The van der Waals surface area contributed by atoms with Gasteiger partial charge in [0.15, 0.2) is 0 Å². The molecule has 3 atom stereocenters. The van der Waals surface area contributed by atoms with Crippen molar-refractivity contribution in [3.63, 3.8) is 0 Å². The number of rotatable bonds is 17. The quantitative estimate of drug-likeness (QED) is 0.223. The zero-order valence-electron chi connectivity index (χ0n) is 21.3. The molecular weight excluding hydrogens is 426 g/mol. The van der Waals surface area contributed by atoms with Crippen molar-refractivity contribution >= 4 is 11.7 Å². The van der Waals surface area contributed by atoms with Gasteiger partial charge in [0.25, 0.3) is 0 Å². The van der Waals surface area contributed by atoms with Crippen LogP contribution in [0.1, 0.15) is 89.5 Å². The van der Waals surface area contributed by atoms with Crippen LogP contribution in [0.4, 0.5) is 0 Å². The maximum absolute atomic E-state index is 12.3. The first kappa shape index (κ1) is 28.1. The molecule has 1 aliphatic carbocycles. The van der Waals surface area contributed by atoms with Gasteiger partial charge in [0.2, 0.25) is 5.91 Å². The Labute approximate surface area is 206 Å². The molecule has 0 radical (unpaired) electrons. The molecule has 2 N–H and O–H groups in total. The number of aliphatic hydroxyl groups excluding tert-OH is 1. The third kappa shape index (κ3) is 10.4. The van der Waals surface area contributed by atoms with E-state index in [1.54, 1.807) is 7.11 Å². The van der Waals surface area contributed by atoms with Gasteiger partial charge < -0.3 is 15.2 Å². The largest absolute Gasteiger partial charge is 0.496 e. The number of para-hydroxylation sites is 1. The van der Waals surface area contributed by atoms with Gasteiger partial charge in [0.05, 0.1) is 13.2 Å². The summed E-state index contributed by atoms with van der Waals surface area (Å²) in [7, 11) is 1.66. The first-order chi connectivity index (χ1) is 16.5. The molecule has 0 spiro atoms. The number of hydrogen-bond acceptors (Lipinski definition) is 4. The number of unbranched alkanes of at least 4 members (excludes halogenated alkanes) is 5. The fourth-order valence-electron chi connectivity index (χ4n) is 4.85. The normalized spacial score (nSPS) is 19.0.